The Bertz CT molecular complexity index is 591. The van der Waals surface area contributed by atoms with Gasteiger partial charge in [-0.05, 0) is 52.9 Å². The van der Waals surface area contributed by atoms with Gasteiger partial charge < -0.3 is 0 Å². The lowest BCUT2D eigenvalue weighted by Crippen LogP contribution is -2.06. The van der Waals surface area contributed by atoms with Crippen LogP contribution in [0.15, 0.2) is 12.2 Å². The van der Waals surface area contributed by atoms with E-state index in [0.29, 0.717) is 6.42 Å². The molecule has 0 spiro atoms. The second-order valence-corrected chi connectivity index (χ2v) is 11.3. The number of unbranched alkanes of at least 4 members (excludes halogenated alkanes) is 12. The maximum atomic E-state index is 12.8. The highest BCUT2D eigenvalue weighted by atomic mass is 31.3. The van der Waals surface area contributed by atoms with Crippen molar-refractivity contribution in [3.05, 3.63) is 12.2 Å². The van der Waals surface area contributed by atoms with Crippen molar-refractivity contribution in [3.8, 4) is 0 Å². The summed E-state index contributed by atoms with van der Waals surface area (Å²) in [5.74, 6) is 0. The fraction of sp³-hybridized carbons (Fsp3) is 0.917. The molecule has 0 aromatic carbocycles. The van der Waals surface area contributed by atoms with Crippen LogP contribution < -0.4 is 0 Å². The number of hydrogen-bond donors (Lipinski definition) is 0. The molecule has 0 rings (SSSR count). The molecule has 0 saturated heterocycles. The van der Waals surface area contributed by atoms with E-state index in [4.69, 9.17) is 18.4 Å². The molecule has 0 aliphatic heterocycles. The van der Waals surface area contributed by atoms with Crippen LogP contribution in [0.1, 0.15) is 118 Å². The van der Waals surface area contributed by atoms with Gasteiger partial charge in [0.25, 0.3) is 0 Å². The summed E-state index contributed by atoms with van der Waals surface area (Å²) >= 11 is 0. The van der Waals surface area contributed by atoms with Gasteiger partial charge in [-0.15, -0.1) is 14.0 Å². The molecule has 0 radical (unpaired) electrons. The SMILES string of the molecule is CCCCCCCCC=CCCCCCCCCOP(=O)(OOCC)OP(=O)(OOCC)OOCC. The Morgan fingerprint density at radius 2 is 0.944 bits per heavy atom. The lowest BCUT2D eigenvalue weighted by molar-refractivity contribution is -0.277. The molecule has 0 amide bonds. The predicted molar refractivity (Wildman–Crippen MR) is 140 cm³/mol. The van der Waals surface area contributed by atoms with Crippen LogP contribution >= 0.6 is 15.6 Å². The minimum Gasteiger partial charge on any atom is -0.285 e. The van der Waals surface area contributed by atoms with Crippen molar-refractivity contribution in [2.24, 2.45) is 0 Å². The maximum absolute atomic E-state index is 12.8. The van der Waals surface area contributed by atoms with Gasteiger partial charge in [-0.2, -0.15) is 4.31 Å². The molecule has 36 heavy (non-hydrogen) atoms. The van der Waals surface area contributed by atoms with Gasteiger partial charge in [0.1, 0.15) is 0 Å². The molecular weight excluding hydrogens is 510 g/mol. The first-order valence-corrected chi connectivity index (χ1v) is 16.5. The second-order valence-electron chi connectivity index (χ2n) is 8.19. The normalized spacial score (nSPS) is 14.0. The molecule has 0 aliphatic rings. The topological polar surface area (TPSA) is 108 Å². The summed E-state index contributed by atoms with van der Waals surface area (Å²) in [7, 11) is -8.98. The quantitative estimate of drug-likeness (QED) is 0.0302. The van der Waals surface area contributed by atoms with E-state index in [1.807, 2.05) is 0 Å². The molecule has 216 valence electrons. The van der Waals surface area contributed by atoms with Crippen molar-refractivity contribution in [2.45, 2.75) is 118 Å². The molecule has 0 heterocycles. The third-order valence-electron chi connectivity index (χ3n) is 4.89. The highest BCUT2D eigenvalue weighted by molar-refractivity contribution is 7.62. The number of hydrogen-bond acceptors (Lipinski definition) is 10. The predicted octanol–water partition coefficient (Wildman–Crippen LogP) is 9.18. The largest absolute Gasteiger partial charge is 0.538 e. The Balaban J connectivity index is 4.07. The van der Waals surface area contributed by atoms with Gasteiger partial charge in [0.2, 0.25) is 0 Å². The third-order valence-corrected chi connectivity index (χ3v) is 7.85. The molecule has 0 aromatic heterocycles. The van der Waals surface area contributed by atoms with E-state index in [0.717, 1.165) is 25.7 Å². The summed E-state index contributed by atoms with van der Waals surface area (Å²) in [6.45, 7) is 7.23. The van der Waals surface area contributed by atoms with E-state index in [2.05, 4.69) is 38.2 Å². The molecule has 10 nitrogen and oxygen atoms in total. The van der Waals surface area contributed by atoms with E-state index in [9.17, 15) is 9.13 Å². The van der Waals surface area contributed by atoms with Crippen molar-refractivity contribution >= 4 is 15.6 Å². The fourth-order valence-electron chi connectivity index (χ4n) is 3.10. The van der Waals surface area contributed by atoms with Crippen LogP contribution in [0.3, 0.4) is 0 Å². The van der Waals surface area contributed by atoms with E-state index < -0.39 is 15.6 Å². The molecule has 1 unspecified atom stereocenters. The summed E-state index contributed by atoms with van der Waals surface area (Å²) in [5, 5.41) is 0. The molecule has 0 N–H and O–H groups in total. The van der Waals surface area contributed by atoms with Crippen molar-refractivity contribution < 1.29 is 46.7 Å². The standard InChI is InChI=1S/C24H50O10P2/c1-5-9-10-11-12-13-14-15-16-17-18-19-20-21-22-23-24-30-35(25,31-27-6-2)34-36(26,32-28-7-3)33-29-8-4/h15-16H,5-14,17-24H2,1-4H3. The van der Waals surface area contributed by atoms with Crippen LogP contribution in [-0.4, -0.2) is 26.4 Å². The molecule has 0 aliphatic carbocycles. The summed E-state index contributed by atoms with van der Waals surface area (Å²) < 4.78 is 49.5. The van der Waals surface area contributed by atoms with Crippen molar-refractivity contribution in [1.29, 1.82) is 0 Å². The van der Waals surface area contributed by atoms with E-state index in [-0.39, 0.29) is 26.4 Å². The Kier molecular flexibility index (Phi) is 25.1. The molecule has 0 bridgehead atoms. The minimum atomic E-state index is -4.55. The summed E-state index contributed by atoms with van der Waals surface area (Å²) in [5.41, 5.74) is 0. The molecule has 12 heteroatoms. The van der Waals surface area contributed by atoms with Gasteiger partial charge >= 0.3 is 15.6 Å². The Hall–Kier alpha value is -0.120. The van der Waals surface area contributed by atoms with Crippen molar-refractivity contribution in [3.63, 3.8) is 0 Å². The number of rotatable bonds is 28. The first-order chi connectivity index (χ1) is 17.4. The molecular formula is C24H50O10P2. The lowest BCUT2D eigenvalue weighted by Gasteiger charge is -2.20. The average molecular weight is 561 g/mol. The second kappa shape index (κ2) is 25.2. The van der Waals surface area contributed by atoms with Crippen LogP contribution in [0.5, 0.6) is 0 Å². The monoisotopic (exact) mass is 560 g/mol. The Labute approximate surface area is 218 Å². The van der Waals surface area contributed by atoms with Crippen LogP contribution in [0.4, 0.5) is 0 Å². The van der Waals surface area contributed by atoms with Crippen LogP contribution in [0.25, 0.3) is 0 Å². The zero-order valence-corrected chi connectivity index (χ0v) is 24.6. The zero-order chi connectivity index (χ0) is 26.8. The first-order valence-electron chi connectivity index (χ1n) is 13.6. The molecule has 0 fully saturated rings. The van der Waals surface area contributed by atoms with E-state index in [1.54, 1.807) is 20.8 Å². The van der Waals surface area contributed by atoms with E-state index >= 15 is 0 Å². The Morgan fingerprint density at radius 3 is 1.42 bits per heavy atom. The van der Waals surface area contributed by atoms with Gasteiger partial charge in [-0.1, -0.05) is 76.9 Å². The van der Waals surface area contributed by atoms with Gasteiger partial charge in [0, 0.05) is 0 Å². The first kappa shape index (κ1) is 35.9. The van der Waals surface area contributed by atoms with Crippen molar-refractivity contribution in [2.75, 3.05) is 26.4 Å². The van der Waals surface area contributed by atoms with Crippen LogP contribution in [0, 0.1) is 0 Å². The van der Waals surface area contributed by atoms with Gasteiger partial charge in [0.05, 0.1) is 26.4 Å². The van der Waals surface area contributed by atoms with Gasteiger partial charge in [0.15, 0.2) is 0 Å². The summed E-state index contributed by atoms with van der Waals surface area (Å²) in [6.07, 6.45) is 21.0. The third kappa shape index (κ3) is 21.9. The molecule has 1 atom stereocenters. The summed E-state index contributed by atoms with van der Waals surface area (Å²) in [6, 6.07) is 0. The maximum Gasteiger partial charge on any atom is 0.538 e. The lowest BCUT2D eigenvalue weighted by atomic mass is 10.1. The number of allylic oxidation sites excluding steroid dienone is 2. The smallest absolute Gasteiger partial charge is 0.285 e. The van der Waals surface area contributed by atoms with Crippen LogP contribution in [-0.2, 0) is 46.7 Å². The Morgan fingerprint density at radius 1 is 0.528 bits per heavy atom. The molecule has 0 saturated carbocycles. The molecule has 0 aromatic rings. The average Bonchev–Trinajstić information content (AvgIpc) is 2.87. The fourth-order valence-corrected chi connectivity index (χ4v) is 5.72. The minimum absolute atomic E-state index is 0.0375. The summed E-state index contributed by atoms with van der Waals surface area (Å²) in [4.78, 5) is 13.9. The number of phosphoric acid groups is 2. The zero-order valence-electron chi connectivity index (χ0n) is 22.9. The van der Waals surface area contributed by atoms with Crippen LogP contribution in [0.2, 0.25) is 0 Å². The van der Waals surface area contributed by atoms with Crippen molar-refractivity contribution in [1.82, 2.24) is 0 Å². The van der Waals surface area contributed by atoms with Gasteiger partial charge in [-0.3, -0.25) is 4.52 Å². The highest BCUT2D eigenvalue weighted by Gasteiger charge is 2.44. The van der Waals surface area contributed by atoms with E-state index in [1.165, 1.54) is 57.8 Å². The highest BCUT2D eigenvalue weighted by Crippen LogP contribution is 2.66. The van der Waals surface area contributed by atoms with Gasteiger partial charge in [-0.25, -0.2) is 23.8 Å².